The SMILES string of the molecule is COc1ccccc1N1CCN(CC(O)Cn2c3ccc(Br)cc3c3cc(Br)ccc32)CC1.Cl. The van der Waals surface area contributed by atoms with Gasteiger partial charge in [0.05, 0.1) is 25.4 Å². The summed E-state index contributed by atoms with van der Waals surface area (Å²) in [6.45, 7) is 4.91. The number of benzene rings is 3. The van der Waals surface area contributed by atoms with Gasteiger partial charge in [0.15, 0.2) is 0 Å². The lowest BCUT2D eigenvalue weighted by Gasteiger charge is -2.37. The summed E-state index contributed by atoms with van der Waals surface area (Å²) in [5, 5.41) is 13.4. The van der Waals surface area contributed by atoms with E-state index in [1.165, 1.54) is 10.8 Å². The van der Waals surface area contributed by atoms with Crippen LogP contribution in [0.3, 0.4) is 0 Å². The van der Waals surface area contributed by atoms with Crippen molar-refractivity contribution in [3.63, 3.8) is 0 Å². The van der Waals surface area contributed by atoms with E-state index in [0.29, 0.717) is 13.1 Å². The van der Waals surface area contributed by atoms with E-state index in [2.05, 4.69) is 94.8 Å². The Bertz CT molecular complexity index is 1230. The minimum atomic E-state index is -0.450. The van der Waals surface area contributed by atoms with Crippen LogP contribution in [0.1, 0.15) is 0 Å². The minimum Gasteiger partial charge on any atom is -0.495 e. The Kier molecular flexibility index (Phi) is 8.10. The van der Waals surface area contributed by atoms with Crippen LogP contribution < -0.4 is 9.64 Å². The normalized spacial score (nSPS) is 15.5. The van der Waals surface area contributed by atoms with E-state index in [1.807, 2.05) is 12.1 Å². The van der Waals surface area contributed by atoms with Gasteiger partial charge in [0.1, 0.15) is 5.75 Å². The monoisotopic (exact) mass is 607 g/mol. The second kappa shape index (κ2) is 10.9. The fourth-order valence-electron chi connectivity index (χ4n) is 4.87. The lowest BCUT2D eigenvalue weighted by Crippen LogP contribution is -2.49. The molecule has 1 fully saturated rings. The highest BCUT2D eigenvalue weighted by Gasteiger charge is 2.22. The summed E-state index contributed by atoms with van der Waals surface area (Å²) >= 11 is 7.21. The van der Waals surface area contributed by atoms with Crippen molar-refractivity contribution in [2.45, 2.75) is 12.6 Å². The van der Waals surface area contributed by atoms with E-state index < -0.39 is 6.10 Å². The van der Waals surface area contributed by atoms with Crippen LogP contribution in [0, 0.1) is 0 Å². The van der Waals surface area contributed by atoms with Crippen LogP contribution >= 0.6 is 44.3 Å². The van der Waals surface area contributed by atoms with Crippen LogP contribution in [0.25, 0.3) is 21.8 Å². The number of rotatable bonds is 6. The third-order valence-corrected chi connectivity index (χ3v) is 7.44. The number of aromatic nitrogens is 1. The molecule has 5 rings (SSSR count). The molecule has 1 aromatic heterocycles. The van der Waals surface area contributed by atoms with Gasteiger partial charge in [0, 0.05) is 63.5 Å². The molecule has 0 radical (unpaired) electrons. The van der Waals surface area contributed by atoms with Crippen LogP contribution in [0.5, 0.6) is 5.75 Å². The molecular formula is C26H28Br2ClN3O2. The van der Waals surface area contributed by atoms with E-state index in [0.717, 1.165) is 57.6 Å². The molecule has 0 aliphatic carbocycles. The maximum absolute atomic E-state index is 11.1. The Morgan fingerprint density at radius 1 is 0.853 bits per heavy atom. The highest BCUT2D eigenvalue weighted by atomic mass is 79.9. The Morgan fingerprint density at radius 2 is 1.44 bits per heavy atom. The number of nitrogens with zero attached hydrogens (tertiary/aromatic N) is 3. The number of hydrogen-bond donors (Lipinski definition) is 1. The fraction of sp³-hybridized carbons (Fsp3) is 0.308. The lowest BCUT2D eigenvalue weighted by atomic mass is 10.2. The quantitative estimate of drug-likeness (QED) is 0.294. The number of aliphatic hydroxyl groups excluding tert-OH is 1. The number of halogens is 3. The first-order chi connectivity index (χ1) is 16.0. The molecular weight excluding hydrogens is 582 g/mol. The summed E-state index contributed by atoms with van der Waals surface area (Å²) in [6, 6.07) is 20.9. The van der Waals surface area contributed by atoms with Crippen molar-refractivity contribution in [1.82, 2.24) is 9.47 Å². The van der Waals surface area contributed by atoms with Crippen molar-refractivity contribution < 1.29 is 9.84 Å². The van der Waals surface area contributed by atoms with Crippen molar-refractivity contribution in [2.24, 2.45) is 0 Å². The second-order valence-corrected chi connectivity index (χ2v) is 10.4. The van der Waals surface area contributed by atoms with Crippen molar-refractivity contribution >= 4 is 71.8 Å². The molecule has 1 unspecified atom stereocenters. The number of ether oxygens (including phenoxy) is 1. The third-order valence-electron chi connectivity index (χ3n) is 6.45. The molecule has 34 heavy (non-hydrogen) atoms. The molecule has 0 amide bonds. The van der Waals surface area contributed by atoms with Gasteiger partial charge in [-0.05, 0) is 48.5 Å². The first-order valence-electron chi connectivity index (χ1n) is 11.2. The van der Waals surface area contributed by atoms with Crippen LogP contribution in [0.2, 0.25) is 0 Å². The van der Waals surface area contributed by atoms with Gasteiger partial charge < -0.3 is 19.3 Å². The molecule has 0 saturated carbocycles. The molecule has 3 aromatic carbocycles. The van der Waals surface area contributed by atoms with Gasteiger partial charge in [-0.2, -0.15) is 0 Å². The van der Waals surface area contributed by atoms with Gasteiger partial charge in [0.25, 0.3) is 0 Å². The molecule has 8 heteroatoms. The predicted octanol–water partition coefficient (Wildman–Crippen LogP) is 5.93. The Hall–Kier alpha value is -1.77. The number of piperazine rings is 1. The molecule has 1 atom stereocenters. The smallest absolute Gasteiger partial charge is 0.142 e. The first kappa shape index (κ1) is 25.3. The summed E-state index contributed by atoms with van der Waals surface area (Å²) in [7, 11) is 1.72. The van der Waals surface area contributed by atoms with Crippen molar-refractivity contribution in [2.75, 3.05) is 44.7 Å². The number of methoxy groups -OCH3 is 1. The Morgan fingerprint density at radius 3 is 2.03 bits per heavy atom. The number of fused-ring (bicyclic) bond motifs is 3. The van der Waals surface area contributed by atoms with Crippen molar-refractivity contribution in [3.05, 3.63) is 69.6 Å². The average Bonchev–Trinajstić information content (AvgIpc) is 3.11. The summed E-state index contributed by atoms with van der Waals surface area (Å²) < 4.78 is 9.89. The predicted molar refractivity (Wildman–Crippen MR) is 150 cm³/mol. The fourth-order valence-corrected chi connectivity index (χ4v) is 5.60. The number of β-amino-alcohol motifs (C(OH)–C–C–N with tert-alkyl or cyclic N) is 1. The standard InChI is InChI=1S/C26H27Br2N3O2.ClH/c1-33-26-5-3-2-4-25(26)30-12-10-29(11-13-30)16-20(32)17-31-23-8-6-18(27)14-21(23)22-15-19(28)7-9-24(22)31;/h2-9,14-15,20,32H,10-13,16-17H2,1H3;1H. The summed E-state index contributed by atoms with van der Waals surface area (Å²) in [5.74, 6) is 0.913. The number of para-hydroxylation sites is 2. The van der Waals surface area contributed by atoms with Crippen LogP contribution in [0.4, 0.5) is 5.69 Å². The van der Waals surface area contributed by atoms with Gasteiger partial charge in [-0.3, -0.25) is 4.90 Å². The number of hydrogen-bond acceptors (Lipinski definition) is 4. The van der Waals surface area contributed by atoms with E-state index in [1.54, 1.807) is 7.11 Å². The van der Waals surface area contributed by atoms with Crippen molar-refractivity contribution in [1.29, 1.82) is 0 Å². The molecule has 1 saturated heterocycles. The van der Waals surface area contributed by atoms with Gasteiger partial charge in [0.2, 0.25) is 0 Å². The highest BCUT2D eigenvalue weighted by Crippen LogP contribution is 2.33. The minimum absolute atomic E-state index is 0. The van der Waals surface area contributed by atoms with Gasteiger partial charge in [-0.25, -0.2) is 0 Å². The van der Waals surface area contributed by atoms with Crippen LogP contribution in [0.15, 0.2) is 69.6 Å². The van der Waals surface area contributed by atoms with E-state index in [4.69, 9.17) is 4.74 Å². The molecule has 1 N–H and O–H groups in total. The summed E-state index contributed by atoms with van der Waals surface area (Å²) in [6.07, 6.45) is -0.450. The molecule has 0 spiro atoms. The molecule has 4 aromatic rings. The van der Waals surface area contributed by atoms with Gasteiger partial charge in [-0.15, -0.1) is 12.4 Å². The topological polar surface area (TPSA) is 40.9 Å². The summed E-state index contributed by atoms with van der Waals surface area (Å²) in [5.41, 5.74) is 3.43. The molecule has 0 bridgehead atoms. The molecule has 180 valence electrons. The number of aliphatic hydroxyl groups is 1. The molecule has 5 nitrogen and oxygen atoms in total. The molecule has 2 heterocycles. The second-order valence-electron chi connectivity index (χ2n) is 8.55. The lowest BCUT2D eigenvalue weighted by molar-refractivity contribution is 0.0968. The molecule has 1 aliphatic heterocycles. The van der Waals surface area contributed by atoms with E-state index in [-0.39, 0.29) is 12.4 Å². The van der Waals surface area contributed by atoms with Gasteiger partial charge >= 0.3 is 0 Å². The Labute approximate surface area is 223 Å². The third kappa shape index (κ3) is 5.09. The first-order valence-corrected chi connectivity index (χ1v) is 12.8. The van der Waals surface area contributed by atoms with Crippen LogP contribution in [-0.2, 0) is 6.54 Å². The van der Waals surface area contributed by atoms with E-state index >= 15 is 0 Å². The van der Waals surface area contributed by atoms with Gasteiger partial charge in [-0.1, -0.05) is 44.0 Å². The zero-order valence-electron chi connectivity index (χ0n) is 19.0. The summed E-state index contributed by atoms with van der Waals surface area (Å²) in [4.78, 5) is 4.72. The molecule has 1 aliphatic rings. The van der Waals surface area contributed by atoms with Crippen LogP contribution in [-0.4, -0.2) is 60.5 Å². The largest absolute Gasteiger partial charge is 0.495 e. The average molecular weight is 610 g/mol. The Balaban J connectivity index is 0.00000274. The zero-order valence-corrected chi connectivity index (χ0v) is 22.9. The maximum Gasteiger partial charge on any atom is 0.142 e. The van der Waals surface area contributed by atoms with Crippen molar-refractivity contribution in [3.8, 4) is 5.75 Å². The highest BCUT2D eigenvalue weighted by molar-refractivity contribution is 9.10. The van der Waals surface area contributed by atoms with E-state index in [9.17, 15) is 5.11 Å². The maximum atomic E-state index is 11.1. The number of anilines is 1. The zero-order chi connectivity index (χ0) is 22.9.